The number of rotatable bonds is 3. The van der Waals surface area contributed by atoms with Gasteiger partial charge in [-0.2, -0.15) is 0 Å². The smallest absolute Gasteiger partial charge is 0.263 e. The molecule has 0 bridgehead atoms. The van der Waals surface area contributed by atoms with E-state index in [9.17, 15) is 0 Å². The van der Waals surface area contributed by atoms with Gasteiger partial charge in [0.2, 0.25) is 0 Å². The molecule has 0 N–H and O–H groups in total. The molecule has 0 saturated carbocycles. The SMILES string of the molecule is O=c1c2cc3c(cc2c2cc4c5ccccc5n(-c5ccccc5)c4cc2n1-c1ccccc1)c1ccccc1n3-c1ccc2ccccc2c1. The average Bonchev–Trinajstić information content (AvgIpc) is 3.69. The number of pyridine rings is 1. The van der Waals surface area contributed by atoms with Gasteiger partial charge in [-0.15, -0.1) is 0 Å². The Morgan fingerprint density at radius 2 is 0.765 bits per heavy atom. The van der Waals surface area contributed by atoms with Crippen molar-refractivity contribution in [3.63, 3.8) is 0 Å². The number of nitrogens with zero attached hydrogens (tertiary/aromatic N) is 3. The highest BCUT2D eigenvalue weighted by Crippen LogP contribution is 2.40. The van der Waals surface area contributed by atoms with E-state index in [4.69, 9.17) is 0 Å². The molecule has 3 aromatic heterocycles. The quantitative estimate of drug-likeness (QED) is 0.175. The van der Waals surface area contributed by atoms with Gasteiger partial charge in [-0.05, 0) is 89.0 Å². The molecule has 0 radical (unpaired) electrons. The monoisotopic (exact) mass is 651 g/mol. The molecule has 0 aliphatic carbocycles. The standard InChI is InChI=1S/C47H29N3O/c51-47-41-28-44-38(35-19-10-12-22-43(35)49(44)34-24-23-30-13-7-8-14-31(30)25-34)26-37(41)40-27-39-36-20-9-11-21-42(36)48(32-15-3-1-4-16-32)45(39)29-46(40)50(47)33-17-5-2-6-18-33/h1-29H. The number of hydrogen-bond acceptors (Lipinski definition) is 1. The minimum absolute atomic E-state index is 0.0392. The van der Waals surface area contributed by atoms with Crippen molar-refractivity contribution in [3.8, 4) is 17.1 Å². The van der Waals surface area contributed by atoms with Crippen LogP contribution in [0.3, 0.4) is 0 Å². The van der Waals surface area contributed by atoms with Gasteiger partial charge in [0, 0.05) is 44.0 Å². The van der Waals surface area contributed by atoms with E-state index in [0.717, 1.165) is 71.6 Å². The Kier molecular flexibility index (Phi) is 5.78. The highest BCUT2D eigenvalue weighted by Gasteiger charge is 2.21. The highest BCUT2D eigenvalue weighted by atomic mass is 16.1. The van der Waals surface area contributed by atoms with Crippen LogP contribution in [0.4, 0.5) is 0 Å². The molecule has 0 aliphatic rings. The zero-order chi connectivity index (χ0) is 33.6. The third-order valence-electron chi connectivity index (χ3n) is 10.6. The first-order chi connectivity index (χ1) is 25.2. The number of fused-ring (bicyclic) bond motifs is 10. The van der Waals surface area contributed by atoms with E-state index in [2.05, 4.69) is 149 Å². The van der Waals surface area contributed by atoms with Gasteiger partial charge in [0.05, 0.1) is 33.0 Å². The van der Waals surface area contributed by atoms with Crippen LogP contribution in [0.25, 0.3) is 93.1 Å². The molecular weight excluding hydrogens is 623 g/mol. The first kappa shape index (κ1) is 28.0. The Bertz CT molecular complexity index is 3260. The van der Waals surface area contributed by atoms with E-state index < -0.39 is 0 Å². The van der Waals surface area contributed by atoms with Crippen molar-refractivity contribution in [1.82, 2.24) is 13.7 Å². The van der Waals surface area contributed by atoms with Crippen molar-refractivity contribution >= 4 is 76.1 Å². The molecule has 0 amide bonds. The third-order valence-corrected chi connectivity index (χ3v) is 10.6. The Morgan fingerprint density at radius 1 is 0.275 bits per heavy atom. The fourth-order valence-corrected chi connectivity index (χ4v) is 8.33. The lowest BCUT2D eigenvalue weighted by Gasteiger charge is -2.16. The summed E-state index contributed by atoms with van der Waals surface area (Å²) in [7, 11) is 0. The summed E-state index contributed by atoms with van der Waals surface area (Å²) in [5, 5.41) is 9.67. The first-order valence-electron chi connectivity index (χ1n) is 17.3. The molecule has 4 heteroatoms. The molecule has 0 atom stereocenters. The maximum Gasteiger partial charge on any atom is 0.263 e. The molecule has 0 spiro atoms. The summed E-state index contributed by atoms with van der Waals surface area (Å²) in [4.78, 5) is 15.0. The van der Waals surface area contributed by atoms with Crippen LogP contribution in [0.2, 0.25) is 0 Å². The van der Waals surface area contributed by atoms with Gasteiger partial charge < -0.3 is 9.13 Å². The van der Waals surface area contributed by atoms with Gasteiger partial charge in [0.1, 0.15) is 0 Å². The van der Waals surface area contributed by atoms with Gasteiger partial charge in [0.25, 0.3) is 5.56 Å². The minimum Gasteiger partial charge on any atom is -0.309 e. The van der Waals surface area contributed by atoms with Crippen LogP contribution < -0.4 is 5.56 Å². The van der Waals surface area contributed by atoms with E-state index in [1.807, 2.05) is 41.0 Å². The Hall–Kier alpha value is -6.91. The van der Waals surface area contributed by atoms with E-state index in [0.29, 0.717) is 5.39 Å². The van der Waals surface area contributed by atoms with Crippen molar-refractivity contribution in [3.05, 3.63) is 186 Å². The highest BCUT2D eigenvalue weighted by molar-refractivity contribution is 6.21. The summed E-state index contributed by atoms with van der Waals surface area (Å²) >= 11 is 0. The predicted octanol–water partition coefficient (Wildman–Crippen LogP) is 11.5. The van der Waals surface area contributed by atoms with Crippen LogP contribution in [0.1, 0.15) is 0 Å². The van der Waals surface area contributed by atoms with Crippen LogP contribution in [-0.4, -0.2) is 13.7 Å². The van der Waals surface area contributed by atoms with E-state index in [-0.39, 0.29) is 5.56 Å². The number of para-hydroxylation sites is 4. The van der Waals surface area contributed by atoms with Gasteiger partial charge in [-0.25, -0.2) is 0 Å². The molecule has 0 unspecified atom stereocenters. The molecule has 0 fully saturated rings. The zero-order valence-corrected chi connectivity index (χ0v) is 27.5. The number of aromatic nitrogens is 3. The Balaban J connectivity index is 1.32. The summed E-state index contributed by atoms with van der Waals surface area (Å²) < 4.78 is 6.52. The molecule has 3 heterocycles. The summed E-state index contributed by atoms with van der Waals surface area (Å²) in [6.45, 7) is 0. The van der Waals surface area contributed by atoms with Crippen LogP contribution in [0, 0.1) is 0 Å². The van der Waals surface area contributed by atoms with E-state index in [1.54, 1.807) is 0 Å². The maximum absolute atomic E-state index is 15.0. The van der Waals surface area contributed by atoms with Crippen molar-refractivity contribution in [2.24, 2.45) is 0 Å². The second kappa shape index (κ2) is 10.5. The molecule has 11 rings (SSSR count). The van der Waals surface area contributed by atoms with E-state index in [1.165, 1.54) is 16.2 Å². The molecule has 11 aromatic rings. The van der Waals surface area contributed by atoms with Crippen LogP contribution in [-0.2, 0) is 0 Å². The van der Waals surface area contributed by atoms with Crippen LogP contribution in [0.15, 0.2) is 181 Å². The summed E-state index contributed by atoms with van der Waals surface area (Å²) in [6.07, 6.45) is 0. The molecule has 0 saturated heterocycles. The molecule has 51 heavy (non-hydrogen) atoms. The second-order valence-corrected chi connectivity index (χ2v) is 13.3. The molecule has 238 valence electrons. The van der Waals surface area contributed by atoms with Crippen LogP contribution >= 0.6 is 0 Å². The normalized spacial score (nSPS) is 12.0. The fraction of sp³-hybridized carbons (Fsp3) is 0. The van der Waals surface area contributed by atoms with Crippen molar-refractivity contribution in [2.75, 3.05) is 0 Å². The Morgan fingerprint density at radius 3 is 1.45 bits per heavy atom. The minimum atomic E-state index is -0.0392. The third kappa shape index (κ3) is 3.99. The summed E-state index contributed by atoms with van der Waals surface area (Å²) in [5.41, 5.74) is 8.15. The summed E-state index contributed by atoms with van der Waals surface area (Å²) in [5.74, 6) is 0. The van der Waals surface area contributed by atoms with Crippen LogP contribution in [0.5, 0.6) is 0 Å². The van der Waals surface area contributed by atoms with E-state index >= 15 is 4.79 Å². The lowest BCUT2D eigenvalue weighted by Crippen LogP contribution is -2.19. The van der Waals surface area contributed by atoms with Gasteiger partial charge in [-0.1, -0.05) is 103 Å². The van der Waals surface area contributed by atoms with Gasteiger partial charge >= 0.3 is 0 Å². The summed E-state index contributed by atoms with van der Waals surface area (Å²) in [6, 6.07) is 61.6. The number of hydrogen-bond donors (Lipinski definition) is 0. The van der Waals surface area contributed by atoms with Gasteiger partial charge in [0.15, 0.2) is 0 Å². The molecular formula is C47H29N3O. The lowest BCUT2D eigenvalue weighted by molar-refractivity contribution is 1.06. The van der Waals surface area contributed by atoms with Gasteiger partial charge in [-0.3, -0.25) is 9.36 Å². The fourth-order valence-electron chi connectivity index (χ4n) is 8.33. The molecule has 4 nitrogen and oxygen atoms in total. The second-order valence-electron chi connectivity index (χ2n) is 13.3. The average molecular weight is 652 g/mol. The molecule has 0 aliphatic heterocycles. The topological polar surface area (TPSA) is 31.9 Å². The number of benzene rings is 8. The zero-order valence-electron chi connectivity index (χ0n) is 27.5. The maximum atomic E-state index is 15.0. The first-order valence-corrected chi connectivity index (χ1v) is 17.3. The lowest BCUT2D eigenvalue weighted by atomic mass is 10.0. The largest absolute Gasteiger partial charge is 0.309 e. The van der Waals surface area contributed by atoms with Crippen molar-refractivity contribution in [1.29, 1.82) is 0 Å². The Labute approximate surface area is 292 Å². The van der Waals surface area contributed by atoms with Crippen molar-refractivity contribution in [2.45, 2.75) is 0 Å². The molecule has 8 aromatic carbocycles. The van der Waals surface area contributed by atoms with Crippen molar-refractivity contribution < 1.29 is 0 Å². The predicted molar refractivity (Wildman–Crippen MR) is 213 cm³/mol.